The Bertz CT molecular complexity index is 1940. The fourth-order valence-electron chi connectivity index (χ4n) is 7.93. The first-order valence-corrected chi connectivity index (χ1v) is 15.5. The SMILES string of the molecule is N#CC#Cc1cccc2cc(O)cc(-c3ncc4c(N5C[C@H]6CC[C@@H](C5)N6)nc(OC[C@@]56CCCN5C[C@H](F)C6)nc4c3F)c12. The Morgan fingerprint density at radius 3 is 2.82 bits per heavy atom. The summed E-state index contributed by atoms with van der Waals surface area (Å²) in [5.41, 5.74) is 0.475. The van der Waals surface area contributed by atoms with Crippen molar-refractivity contribution in [1.29, 1.82) is 5.26 Å². The molecule has 4 fully saturated rings. The molecule has 4 aromatic rings. The maximum atomic E-state index is 16.8. The van der Waals surface area contributed by atoms with Gasteiger partial charge >= 0.3 is 6.01 Å². The molecule has 4 aliphatic rings. The van der Waals surface area contributed by atoms with Crippen LogP contribution in [0.25, 0.3) is 32.9 Å². The van der Waals surface area contributed by atoms with Crippen LogP contribution < -0.4 is 15.0 Å². The van der Waals surface area contributed by atoms with Gasteiger partial charge in [-0.3, -0.25) is 9.88 Å². The number of phenols is 1. The van der Waals surface area contributed by atoms with E-state index in [4.69, 9.17) is 15.0 Å². The Hall–Kier alpha value is -4.58. The zero-order valence-corrected chi connectivity index (χ0v) is 24.6. The zero-order chi connectivity index (χ0) is 30.7. The van der Waals surface area contributed by atoms with Gasteiger partial charge in [-0.05, 0) is 55.8 Å². The average molecular weight is 608 g/mol. The highest BCUT2D eigenvalue weighted by Gasteiger charge is 2.49. The van der Waals surface area contributed by atoms with Crippen LogP contribution in [0.1, 0.15) is 37.7 Å². The molecule has 45 heavy (non-hydrogen) atoms. The predicted molar refractivity (Wildman–Crippen MR) is 165 cm³/mol. The summed E-state index contributed by atoms with van der Waals surface area (Å²) in [6, 6.07) is 10.8. The number of anilines is 1. The van der Waals surface area contributed by atoms with Crippen molar-refractivity contribution in [2.75, 3.05) is 37.7 Å². The number of phenolic OH excluding ortho intramolecular Hbond substituents is 1. The molecule has 0 amide bonds. The lowest BCUT2D eigenvalue weighted by Gasteiger charge is -2.34. The minimum absolute atomic E-state index is 0.0118. The molecule has 0 spiro atoms. The first-order chi connectivity index (χ1) is 21.9. The van der Waals surface area contributed by atoms with Gasteiger partial charge in [-0.2, -0.15) is 15.2 Å². The second-order valence-electron chi connectivity index (χ2n) is 12.7. The molecule has 2 aromatic heterocycles. The monoisotopic (exact) mass is 607 g/mol. The predicted octanol–water partition coefficient (Wildman–Crippen LogP) is 4.46. The first kappa shape index (κ1) is 27.9. The number of alkyl halides is 1. The fourth-order valence-corrected chi connectivity index (χ4v) is 7.93. The number of aromatic hydroxyl groups is 1. The second-order valence-corrected chi connectivity index (χ2v) is 12.7. The summed E-state index contributed by atoms with van der Waals surface area (Å²) in [4.78, 5) is 18.3. The van der Waals surface area contributed by atoms with Gasteiger partial charge in [0.25, 0.3) is 0 Å². The summed E-state index contributed by atoms with van der Waals surface area (Å²) < 4.78 is 37.6. The number of aromatic nitrogens is 3. The van der Waals surface area contributed by atoms with E-state index in [2.05, 4.69) is 36.9 Å². The molecule has 0 unspecified atom stereocenters. The van der Waals surface area contributed by atoms with Crippen LogP contribution in [0.3, 0.4) is 0 Å². The van der Waals surface area contributed by atoms with Crippen LogP contribution in [-0.2, 0) is 0 Å². The Morgan fingerprint density at radius 2 is 2.00 bits per heavy atom. The number of fused-ring (bicyclic) bond motifs is 5. The van der Waals surface area contributed by atoms with Crippen molar-refractivity contribution >= 4 is 27.5 Å². The summed E-state index contributed by atoms with van der Waals surface area (Å²) in [5.74, 6) is 5.07. The van der Waals surface area contributed by atoms with Gasteiger partial charge < -0.3 is 20.1 Å². The standard InChI is InChI=1S/C34H31F2N7O2/c35-22-14-34(9-3-11-43(34)16-22)19-45-33-40-31-27(32(41-33)42-17-23-7-8-24(18-42)39-23)15-38-30(29(31)36)26-13-25(44)12-21-5-1-4-20(28(21)26)6-2-10-37/h1,4-5,12-13,15,22-24,39,44H,3,7-9,11,14,16-19H2/t22-,23-,24+,34+/m1/s1. The number of rotatable bonds is 5. The van der Waals surface area contributed by atoms with E-state index in [0.717, 1.165) is 32.2 Å². The topological polar surface area (TPSA) is 110 Å². The van der Waals surface area contributed by atoms with Crippen LogP contribution in [0.15, 0.2) is 36.5 Å². The van der Waals surface area contributed by atoms with Crippen molar-refractivity contribution in [2.24, 2.45) is 0 Å². The number of nitrogens with one attached hydrogen (secondary N) is 1. The van der Waals surface area contributed by atoms with Crippen molar-refractivity contribution in [3.8, 4) is 40.9 Å². The molecule has 0 radical (unpaired) electrons. The number of pyridine rings is 1. The Balaban J connectivity index is 1.27. The molecular formula is C34H31F2N7O2. The van der Waals surface area contributed by atoms with Gasteiger partial charge in [-0.15, -0.1) is 0 Å². The van der Waals surface area contributed by atoms with Crippen LogP contribution in [0.2, 0.25) is 0 Å². The summed E-state index contributed by atoms with van der Waals surface area (Å²) in [7, 11) is 0. The number of piperazine rings is 1. The number of hydrogen-bond donors (Lipinski definition) is 2. The highest BCUT2D eigenvalue weighted by atomic mass is 19.1. The number of hydrogen-bond acceptors (Lipinski definition) is 9. The normalized spacial score (nSPS) is 25.7. The highest BCUT2D eigenvalue weighted by Crippen LogP contribution is 2.42. The van der Waals surface area contributed by atoms with Gasteiger partial charge in [0.2, 0.25) is 0 Å². The van der Waals surface area contributed by atoms with Crippen LogP contribution in [0, 0.1) is 29.0 Å². The first-order valence-electron chi connectivity index (χ1n) is 15.5. The van der Waals surface area contributed by atoms with E-state index in [1.165, 1.54) is 6.07 Å². The quantitative estimate of drug-likeness (QED) is 0.318. The molecule has 4 atom stereocenters. The third-order valence-corrected chi connectivity index (χ3v) is 9.86. The van der Waals surface area contributed by atoms with Gasteiger partial charge in [0.05, 0.1) is 10.9 Å². The molecule has 11 heteroatoms. The van der Waals surface area contributed by atoms with Crippen molar-refractivity contribution in [3.05, 3.63) is 47.9 Å². The van der Waals surface area contributed by atoms with Crippen molar-refractivity contribution in [1.82, 2.24) is 25.2 Å². The maximum Gasteiger partial charge on any atom is 0.319 e. The molecule has 2 bridgehead atoms. The Morgan fingerprint density at radius 1 is 1.16 bits per heavy atom. The van der Waals surface area contributed by atoms with Gasteiger partial charge in [0.1, 0.15) is 35.6 Å². The maximum absolute atomic E-state index is 16.8. The number of ether oxygens (including phenoxy) is 1. The molecule has 6 heterocycles. The molecule has 9 nitrogen and oxygen atoms in total. The van der Waals surface area contributed by atoms with E-state index in [9.17, 15) is 9.50 Å². The minimum Gasteiger partial charge on any atom is -0.508 e. The summed E-state index contributed by atoms with van der Waals surface area (Å²) in [5, 5.41) is 25.0. The van der Waals surface area contributed by atoms with E-state index < -0.39 is 17.5 Å². The molecule has 4 saturated heterocycles. The number of nitrogens with zero attached hydrogens (tertiary/aromatic N) is 6. The number of nitriles is 1. The van der Waals surface area contributed by atoms with Gasteiger partial charge in [-0.25, -0.2) is 8.78 Å². The number of benzene rings is 2. The van der Waals surface area contributed by atoms with Gasteiger partial charge in [0, 0.05) is 66.8 Å². The second kappa shape index (κ2) is 10.8. The molecule has 0 aliphatic carbocycles. The van der Waals surface area contributed by atoms with Crippen molar-refractivity contribution in [2.45, 2.75) is 55.9 Å². The van der Waals surface area contributed by atoms with Crippen LogP contribution in [0.5, 0.6) is 11.8 Å². The van der Waals surface area contributed by atoms with E-state index in [0.29, 0.717) is 71.2 Å². The van der Waals surface area contributed by atoms with Crippen molar-refractivity contribution < 1.29 is 18.6 Å². The Kier molecular flexibility index (Phi) is 6.70. The summed E-state index contributed by atoms with van der Waals surface area (Å²) >= 11 is 0. The largest absolute Gasteiger partial charge is 0.508 e. The third kappa shape index (κ3) is 4.78. The molecule has 8 rings (SSSR count). The average Bonchev–Trinajstić information content (AvgIpc) is 3.68. The van der Waals surface area contributed by atoms with Gasteiger partial charge in [0.15, 0.2) is 11.9 Å². The zero-order valence-electron chi connectivity index (χ0n) is 24.6. The Labute approximate surface area is 258 Å². The molecule has 2 aromatic carbocycles. The van der Waals surface area contributed by atoms with E-state index in [-0.39, 0.29) is 29.6 Å². The lowest BCUT2D eigenvalue weighted by atomic mass is 9.95. The highest BCUT2D eigenvalue weighted by molar-refractivity contribution is 6.03. The summed E-state index contributed by atoms with van der Waals surface area (Å²) in [6.07, 6.45) is 5.02. The third-order valence-electron chi connectivity index (χ3n) is 9.86. The van der Waals surface area contributed by atoms with Gasteiger partial charge in [-0.1, -0.05) is 18.1 Å². The minimum atomic E-state index is -0.899. The smallest absolute Gasteiger partial charge is 0.319 e. The summed E-state index contributed by atoms with van der Waals surface area (Å²) in [6.45, 7) is 2.89. The van der Waals surface area contributed by atoms with E-state index in [1.54, 1.807) is 30.5 Å². The van der Waals surface area contributed by atoms with E-state index >= 15 is 4.39 Å². The molecule has 228 valence electrons. The fraction of sp³-hybridized carbons (Fsp3) is 0.412. The molecule has 4 aliphatic heterocycles. The van der Waals surface area contributed by atoms with Crippen LogP contribution in [0.4, 0.5) is 14.6 Å². The number of halogens is 2. The molecule has 0 saturated carbocycles. The lowest BCUT2D eigenvalue weighted by Crippen LogP contribution is -2.51. The molecule has 2 N–H and O–H groups in total. The van der Waals surface area contributed by atoms with E-state index in [1.807, 2.05) is 6.07 Å². The van der Waals surface area contributed by atoms with Crippen LogP contribution >= 0.6 is 0 Å². The van der Waals surface area contributed by atoms with Crippen LogP contribution in [-0.4, -0.2) is 81.5 Å². The lowest BCUT2D eigenvalue weighted by molar-refractivity contribution is 0.107. The van der Waals surface area contributed by atoms with Crippen molar-refractivity contribution in [3.63, 3.8) is 0 Å². The molecular weight excluding hydrogens is 576 g/mol.